The Hall–Kier alpha value is -2.21. The molecular formula is C15H17NO5. The second kappa shape index (κ2) is 5.65. The maximum atomic E-state index is 11.0. The van der Waals surface area contributed by atoms with E-state index in [9.17, 15) is 4.79 Å². The number of rotatable bonds is 5. The van der Waals surface area contributed by atoms with Gasteiger partial charge in [-0.3, -0.25) is 4.79 Å². The van der Waals surface area contributed by atoms with E-state index in [4.69, 9.17) is 19.7 Å². The number of aliphatic hydroxyl groups excluding tert-OH is 1. The summed E-state index contributed by atoms with van der Waals surface area (Å²) < 4.78 is 12.8. The van der Waals surface area contributed by atoms with Gasteiger partial charge in [-0.15, -0.1) is 0 Å². The molecule has 0 radical (unpaired) electrons. The van der Waals surface area contributed by atoms with Crippen LogP contribution in [-0.4, -0.2) is 40.6 Å². The molecule has 21 heavy (non-hydrogen) atoms. The smallest absolute Gasteiger partial charge is 0.323 e. The van der Waals surface area contributed by atoms with E-state index < -0.39 is 5.97 Å². The minimum atomic E-state index is -0.893. The van der Waals surface area contributed by atoms with Crippen molar-refractivity contribution in [3.63, 3.8) is 0 Å². The van der Waals surface area contributed by atoms with Gasteiger partial charge in [0.05, 0.1) is 5.52 Å². The highest BCUT2D eigenvalue weighted by Crippen LogP contribution is 2.36. The van der Waals surface area contributed by atoms with Gasteiger partial charge in [0.15, 0.2) is 11.5 Å². The van der Waals surface area contributed by atoms with Gasteiger partial charge in [-0.1, -0.05) is 0 Å². The van der Waals surface area contributed by atoms with Crippen molar-refractivity contribution >= 4 is 16.9 Å². The molecule has 6 nitrogen and oxygen atoms in total. The molecule has 0 bridgehead atoms. The van der Waals surface area contributed by atoms with Gasteiger partial charge in [0.1, 0.15) is 19.8 Å². The van der Waals surface area contributed by atoms with E-state index in [1.807, 2.05) is 18.3 Å². The van der Waals surface area contributed by atoms with Crippen LogP contribution in [0.2, 0.25) is 0 Å². The van der Waals surface area contributed by atoms with Crippen molar-refractivity contribution in [3.05, 3.63) is 23.9 Å². The van der Waals surface area contributed by atoms with Crippen LogP contribution < -0.4 is 9.47 Å². The molecule has 1 aliphatic heterocycles. The van der Waals surface area contributed by atoms with Crippen molar-refractivity contribution in [2.24, 2.45) is 0 Å². The number of hydrogen-bond acceptors (Lipinski definition) is 4. The molecular weight excluding hydrogens is 274 g/mol. The molecule has 0 amide bonds. The van der Waals surface area contributed by atoms with Crippen molar-refractivity contribution < 1.29 is 24.5 Å². The number of hydrogen-bond donors (Lipinski definition) is 2. The Bertz CT molecular complexity index is 676. The molecule has 2 N–H and O–H groups in total. The number of aliphatic hydroxyl groups is 1. The third-order valence-corrected chi connectivity index (χ3v) is 3.54. The number of fused-ring (bicyclic) bond motifs is 2. The average Bonchev–Trinajstić information content (AvgIpc) is 2.79. The number of carboxylic acid groups (broad SMARTS) is 1. The maximum absolute atomic E-state index is 11.0. The largest absolute Gasteiger partial charge is 0.486 e. The van der Waals surface area contributed by atoms with Crippen molar-refractivity contribution in [2.75, 3.05) is 19.8 Å². The summed E-state index contributed by atoms with van der Waals surface area (Å²) in [4.78, 5) is 11.0. The molecule has 2 aromatic rings. The molecule has 0 atom stereocenters. The van der Waals surface area contributed by atoms with Gasteiger partial charge in [0.25, 0.3) is 0 Å². The first kappa shape index (κ1) is 13.8. The molecule has 0 aliphatic carbocycles. The number of nitrogens with zero attached hydrogens (tertiary/aromatic N) is 1. The summed E-state index contributed by atoms with van der Waals surface area (Å²) in [6.07, 6.45) is 3.17. The lowest BCUT2D eigenvalue weighted by molar-refractivity contribution is -0.137. The van der Waals surface area contributed by atoms with Crippen molar-refractivity contribution in [2.45, 2.75) is 19.4 Å². The second-order valence-electron chi connectivity index (χ2n) is 5.02. The van der Waals surface area contributed by atoms with Crippen LogP contribution in [0.1, 0.15) is 12.0 Å². The zero-order valence-corrected chi connectivity index (χ0v) is 11.5. The monoisotopic (exact) mass is 291 g/mol. The van der Waals surface area contributed by atoms with E-state index in [0.717, 1.165) is 16.5 Å². The van der Waals surface area contributed by atoms with E-state index in [2.05, 4.69) is 0 Å². The molecule has 2 heterocycles. The lowest BCUT2D eigenvalue weighted by Crippen LogP contribution is -2.15. The average molecular weight is 291 g/mol. The zero-order valence-electron chi connectivity index (χ0n) is 11.5. The van der Waals surface area contributed by atoms with Gasteiger partial charge in [-0.05, 0) is 24.5 Å². The number of ether oxygens (including phenoxy) is 2. The highest BCUT2D eigenvalue weighted by molar-refractivity contribution is 5.88. The summed E-state index contributed by atoms with van der Waals surface area (Å²) in [5.41, 5.74) is 1.83. The topological polar surface area (TPSA) is 80.9 Å². The summed E-state index contributed by atoms with van der Waals surface area (Å²) in [6, 6.07) is 3.73. The number of aromatic nitrogens is 1. The highest BCUT2D eigenvalue weighted by atomic mass is 16.6. The van der Waals surface area contributed by atoms with Crippen LogP contribution in [0.25, 0.3) is 10.9 Å². The number of carboxylic acids is 1. The van der Waals surface area contributed by atoms with Crippen LogP contribution in [0.4, 0.5) is 0 Å². The molecule has 3 rings (SSSR count). The predicted molar refractivity (Wildman–Crippen MR) is 76.0 cm³/mol. The Morgan fingerprint density at radius 3 is 2.62 bits per heavy atom. The third-order valence-electron chi connectivity index (χ3n) is 3.54. The van der Waals surface area contributed by atoms with E-state index in [0.29, 0.717) is 37.6 Å². The minimum Gasteiger partial charge on any atom is -0.486 e. The second-order valence-corrected chi connectivity index (χ2v) is 5.02. The van der Waals surface area contributed by atoms with Crippen molar-refractivity contribution in [3.8, 4) is 11.5 Å². The lowest BCUT2D eigenvalue weighted by Gasteiger charge is -2.18. The fourth-order valence-corrected chi connectivity index (χ4v) is 2.65. The quantitative estimate of drug-likeness (QED) is 0.871. The number of benzene rings is 1. The first-order chi connectivity index (χ1) is 10.2. The Morgan fingerprint density at radius 2 is 1.95 bits per heavy atom. The number of aliphatic carboxylic acids is 1. The predicted octanol–water partition coefficient (Wildman–Crippen LogP) is 1.42. The molecule has 0 saturated carbocycles. The van der Waals surface area contributed by atoms with Crippen LogP contribution in [0.3, 0.4) is 0 Å². The fourth-order valence-electron chi connectivity index (χ4n) is 2.65. The number of carbonyl (C=O) groups is 1. The lowest BCUT2D eigenvalue weighted by atomic mass is 10.1. The van der Waals surface area contributed by atoms with Crippen LogP contribution in [0.5, 0.6) is 11.5 Å². The normalized spacial score (nSPS) is 13.6. The first-order valence-electron chi connectivity index (χ1n) is 6.93. The van der Waals surface area contributed by atoms with Gasteiger partial charge in [-0.2, -0.15) is 0 Å². The van der Waals surface area contributed by atoms with E-state index in [1.165, 1.54) is 0 Å². The summed E-state index contributed by atoms with van der Waals surface area (Å²) in [5, 5.41) is 19.0. The third kappa shape index (κ3) is 2.67. The summed E-state index contributed by atoms with van der Waals surface area (Å²) in [5.74, 6) is 0.440. The Labute approximate surface area is 121 Å². The van der Waals surface area contributed by atoms with Crippen molar-refractivity contribution in [1.29, 1.82) is 0 Å². The maximum Gasteiger partial charge on any atom is 0.323 e. The Kier molecular flexibility index (Phi) is 3.70. The molecule has 1 aromatic heterocycles. The van der Waals surface area contributed by atoms with Crippen LogP contribution >= 0.6 is 0 Å². The number of aryl methyl sites for hydroxylation is 1. The summed E-state index contributed by atoms with van der Waals surface area (Å²) in [6.45, 7) is 1.02. The fraction of sp³-hybridized carbons (Fsp3) is 0.400. The Morgan fingerprint density at radius 1 is 1.24 bits per heavy atom. The molecule has 1 aromatic carbocycles. The van der Waals surface area contributed by atoms with E-state index in [1.54, 1.807) is 4.57 Å². The van der Waals surface area contributed by atoms with Gasteiger partial charge >= 0.3 is 5.97 Å². The minimum absolute atomic E-state index is 0.102. The molecule has 0 unspecified atom stereocenters. The van der Waals surface area contributed by atoms with Gasteiger partial charge in [-0.25, -0.2) is 0 Å². The molecule has 1 aliphatic rings. The van der Waals surface area contributed by atoms with E-state index >= 15 is 0 Å². The Balaban J connectivity index is 2.10. The molecule has 0 saturated heterocycles. The van der Waals surface area contributed by atoms with Gasteiger partial charge < -0.3 is 24.3 Å². The summed E-state index contributed by atoms with van der Waals surface area (Å²) in [7, 11) is 0. The van der Waals surface area contributed by atoms with E-state index in [-0.39, 0.29) is 13.2 Å². The molecule has 0 fully saturated rings. The van der Waals surface area contributed by atoms with Gasteiger partial charge in [0.2, 0.25) is 0 Å². The van der Waals surface area contributed by atoms with Crippen LogP contribution in [0.15, 0.2) is 18.3 Å². The molecule has 112 valence electrons. The van der Waals surface area contributed by atoms with Crippen molar-refractivity contribution in [1.82, 2.24) is 4.57 Å². The zero-order chi connectivity index (χ0) is 14.8. The first-order valence-corrected chi connectivity index (χ1v) is 6.93. The SMILES string of the molecule is O=C(O)Cn1cc(CCCO)c2cc3c(cc21)OCCO3. The highest BCUT2D eigenvalue weighted by Gasteiger charge is 2.18. The molecule has 6 heteroatoms. The van der Waals surface area contributed by atoms with Crippen LogP contribution in [-0.2, 0) is 17.8 Å². The molecule has 0 spiro atoms. The van der Waals surface area contributed by atoms with Gasteiger partial charge in [0, 0.05) is 24.3 Å². The van der Waals surface area contributed by atoms with Crippen LogP contribution in [0, 0.1) is 0 Å². The summed E-state index contributed by atoms with van der Waals surface area (Å²) >= 11 is 0. The standard InChI is InChI=1S/C15H17NO5/c17-3-1-2-10-8-16(9-15(18)19)12-7-14-13(6-11(10)12)20-4-5-21-14/h6-8,17H,1-5,9H2,(H,18,19).